The first-order valence-electron chi connectivity index (χ1n) is 5.08. The zero-order valence-electron chi connectivity index (χ0n) is 9.56. The number of benzene rings is 1. The Morgan fingerprint density at radius 1 is 1.12 bits per heavy atom. The molecule has 0 N–H and O–H groups in total. The number of carbonyl (C=O) groups is 1. The van der Waals surface area contributed by atoms with Gasteiger partial charge in [-0.15, -0.1) is 0 Å². The van der Waals surface area contributed by atoms with Crippen molar-refractivity contribution in [3.8, 4) is 5.75 Å². The van der Waals surface area contributed by atoms with E-state index in [9.17, 15) is 4.79 Å². The summed E-state index contributed by atoms with van der Waals surface area (Å²) in [5.74, 6) is 0.398. The van der Waals surface area contributed by atoms with Gasteiger partial charge in [-0.1, -0.05) is 0 Å². The van der Waals surface area contributed by atoms with Gasteiger partial charge in [-0.25, -0.2) is 4.79 Å². The summed E-state index contributed by atoms with van der Waals surface area (Å²) in [5.41, 5.74) is 0.526. The highest BCUT2D eigenvalue weighted by atomic mass is 16.5. The smallest absolute Gasteiger partial charge is 0.338 e. The predicted octanol–water partition coefficient (Wildman–Crippen LogP) is 1.89. The summed E-state index contributed by atoms with van der Waals surface area (Å²) in [6.45, 7) is 0.967. The van der Waals surface area contributed by atoms with Crippen molar-refractivity contribution in [1.29, 1.82) is 0 Å². The monoisotopic (exact) mass is 224 g/mol. The summed E-state index contributed by atoms with van der Waals surface area (Å²) in [5, 5.41) is 0. The van der Waals surface area contributed by atoms with Gasteiger partial charge in [0.15, 0.2) is 0 Å². The van der Waals surface area contributed by atoms with Gasteiger partial charge in [0, 0.05) is 20.1 Å². The molecule has 1 aromatic rings. The lowest BCUT2D eigenvalue weighted by molar-refractivity contribution is 0.0468. The Bertz CT molecular complexity index is 318. The van der Waals surface area contributed by atoms with E-state index in [1.165, 1.54) is 0 Å². The summed E-state index contributed by atoms with van der Waals surface area (Å²) in [6.07, 6.45) is 0.707. The molecule has 0 unspecified atom stereocenters. The molecule has 0 saturated carbocycles. The van der Waals surface area contributed by atoms with Gasteiger partial charge < -0.3 is 14.2 Å². The molecule has 0 atom stereocenters. The summed E-state index contributed by atoms with van der Waals surface area (Å²) < 4.78 is 14.9. The van der Waals surface area contributed by atoms with Crippen molar-refractivity contribution in [2.45, 2.75) is 6.42 Å². The molecule has 0 aliphatic rings. The van der Waals surface area contributed by atoms with Crippen LogP contribution >= 0.6 is 0 Å². The average molecular weight is 224 g/mol. The Kier molecular flexibility index (Phi) is 5.36. The molecule has 1 aromatic carbocycles. The number of methoxy groups -OCH3 is 2. The summed E-state index contributed by atoms with van der Waals surface area (Å²) >= 11 is 0. The van der Waals surface area contributed by atoms with Crippen molar-refractivity contribution in [2.75, 3.05) is 27.4 Å². The van der Waals surface area contributed by atoms with Crippen LogP contribution in [0.1, 0.15) is 16.8 Å². The molecule has 0 radical (unpaired) electrons. The van der Waals surface area contributed by atoms with Crippen molar-refractivity contribution in [3.63, 3.8) is 0 Å². The average Bonchev–Trinajstić information content (AvgIpc) is 2.34. The molecule has 0 fully saturated rings. The zero-order chi connectivity index (χ0) is 11.8. The standard InChI is InChI=1S/C12H16O4/c1-14-8-3-9-16-12(13)10-4-6-11(15-2)7-5-10/h4-7H,3,8-9H2,1-2H3. The van der Waals surface area contributed by atoms with E-state index in [0.29, 0.717) is 25.2 Å². The van der Waals surface area contributed by atoms with Gasteiger partial charge in [0.2, 0.25) is 0 Å². The SMILES string of the molecule is COCCCOC(=O)c1ccc(OC)cc1. The van der Waals surface area contributed by atoms with Gasteiger partial charge in [0.25, 0.3) is 0 Å². The van der Waals surface area contributed by atoms with Gasteiger partial charge in [-0.3, -0.25) is 0 Å². The van der Waals surface area contributed by atoms with Crippen LogP contribution in [0, 0.1) is 0 Å². The van der Waals surface area contributed by atoms with Gasteiger partial charge in [-0.05, 0) is 24.3 Å². The van der Waals surface area contributed by atoms with Crippen molar-refractivity contribution >= 4 is 5.97 Å². The van der Waals surface area contributed by atoms with E-state index < -0.39 is 0 Å². The predicted molar refractivity (Wildman–Crippen MR) is 59.8 cm³/mol. The molecular weight excluding hydrogens is 208 g/mol. The van der Waals surface area contributed by atoms with Crippen LogP contribution in [0.25, 0.3) is 0 Å². The van der Waals surface area contributed by atoms with Crippen LogP contribution in [0.3, 0.4) is 0 Å². The van der Waals surface area contributed by atoms with Crippen LogP contribution in [0.2, 0.25) is 0 Å². The highest BCUT2D eigenvalue weighted by Crippen LogP contribution is 2.12. The van der Waals surface area contributed by atoms with Gasteiger partial charge in [-0.2, -0.15) is 0 Å². The molecule has 0 bridgehead atoms. The van der Waals surface area contributed by atoms with E-state index >= 15 is 0 Å². The molecular formula is C12H16O4. The van der Waals surface area contributed by atoms with Crippen molar-refractivity contribution in [1.82, 2.24) is 0 Å². The molecule has 1 rings (SSSR count). The fraction of sp³-hybridized carbons (Fsp3) is 0.417. The molecule has 0 aliphatic heterocycles. The van der Waals surface area contributed by atoms with Crippen molar-refractivity contribution in [2.24, 2.45) is 0 Å². The second-order valence-electron chi connectivity index (χ2n) is 3.21. The lowest BCUT2D eigenvalue weighted by atomic mass is 10.2. The van der Waals surface area contributed by atoms with E-state index in [0.717, 1.165) is 5.75 Å². The fourth-order valence-corrected chi connectivity index (χ4v) is 1.18. The summed E-state index contributed by atoms with van der Waals surface area (Å²) in [4.78, 5) is 11.5. The van der Waals surface area contributed by atoms with Crippen LogP contribution in [0.15, 0.2) is 24.3 Å². The second-order valence-corrected chi connectivity index (χ2v) is 3.21. The van der Waals surface area contributed by atoms with Gasteiger partial charge in [0.1, 0.15) is 5.75 Å². The van der Waals surface area contributed by atoms with Crippen LogP contribution in [0.5, 0.6) is 5.75 Å². The first-order chi connectivity index (χ1) is 7.77. The van der Waals surface area contributed by atoms with Gasteiger partial charge >= 0.3 is 5.97 Å². The van der Waals surface area contributed by atoms with Crippen LogP contribution in [-0.2, 0) is 9.47 Å². The molecule has 4 nitrogen and oxygen atoms in total. The molecule has 0 amide bonds. The van der Waals surface area contributed by atoms with E-state index in [2.05, 4.69) is 0 Å². The molecule has 0 aliphatic carbocycles. The van der Waals surface area contributed by atoms with E-state index in [1.54, 1.807) is 38.5 Å². The van der Waals surface area contributed by atoms with Crippen LogP contribution in [-0.4, -0.2) is 33.4 Å². The number of hydrogen-bond acceptors (Lipinski definition) is 4. The molecule has 16 heavy (non-hydrogen) atoms. The van der Waals surface area contributed by atoms with E-state index in [-0.39, 0.29) is 5.97 Å². The second kappa shape index (κ2) is 6.85. The Labute approximate surface area is 95.1 Å². The lowest BCUT2D eigenvalue weighted by Crippen LogP contribution is -2.07. The number of esters is 1. The number of carbonyl (C=O) groups excluding carboxylic acids is 1. The maximum absolute atomic E-state index is 11.5. The Morgan fingerprint density at radius 3 is 2.38 bits per heavy atom. The fourth-order valence-electron chi connectivity index (χ4n) is 1.18. The largest absolute Gasteiger partial charge is 0.497 e. The number of hydrogen-bond donors (Lipinski definition) is 0. The number of ether oxygens (including phenoxy) is 3. The number of rotatable bonds is 6. The molecule has 4 heteroatoms. The maximum Gasteiger partial charge on any atom is 0.338 e. The quantitative estimate of drug-likeness (QED) is 0.546. The normalized spacial score (nSPS) is 9.88. The minimum Gasteiger partial charge on any atom is -0.497 e. The van der Waals surface area contributed by atoms with Crippen molar-refractivity contribution < 1.29 is 19.0 Å². The highest BCUT2D eigenvalue weighted by Gasteiger charge is 2.06. The molecule has 0 aromatic heterocycles. The third-order valence-corrected chi connectivity index (χ3v) is 2.05. The topological polar surface area (TPSA) is 44.8 Å². The summed E-state index contributed by atoms with van der Waals surface area (Å²) in [6, 6.07) is 6.81. The van der Waals surface area contributed by atoms with Gasteiger partial charge in [0.05, 0.1) is 19.3 Å². The molecule has 0 heterocycles. The first kappa shape index (κ1) is 12.5. The first-order valence-corrected chi connectivity index (χ1v) is 5.08. The zero-order valence-corrected chi connectivity index (χ0v) is 9.56. The third kappa shape index (κ3) is 3.90. The Morgan fingerprint density at radius 2 is 1.81 bits per heavy atom. The minimum absolute atomic E-state index is 0.321. The van der Waals surface area contributed by atoms with Crippen LogP contribution < -0.4 is 4.74 Å². The Balaban J connectivity index is 2.40. The summed E-state index contributed by atoms with van der Waals surface area (Å²) in [7, 11) is 3.20. The lowest BCUT2D eigenvalue weighted by Gasteiger charge is -2.05. The molecule has 0 saturated heterocycles. The molecule has 88 valence electrons. The van der Waals surface area contributed by atoms with Crippen LogP contribution in [0.4, 0.5) is 0 Å². The third-order valence-electron chi connectivity index (χ3n) is 2.05. The maximum atomic E-state index is 11.5. The Hall–Kier alpha value is -1.55. The molecule has 0 spiro atoms. The minimum atomic E-state index is -0.321. The van der Waals surface area contributed by atoms with E-state index in [4.69, 9.17) is 14.2 Å². The van der Waals surface area contributed by atoms with E-state index in [1.807, 2.05) is 0 Å². The van der Waals surface area contributed by atoms with Crippen molar-refractivity contribution in [3.05, 3.63) is 29.8 Å². The highest BCUT2D eigenvalue weighted by molar-refractivity contribution is 5.89.